The highest BCUT2D eigenvalue weighted by Crippen LogP contribution is 2.29. The van der Waals surface area contributed by atoms with Crippen molar-refractivity contribution in [2.24, 2.45) is 5.73 Å². The molecule has 3 nitrogen and oxygen atoms in total. The molecule has 1 aliphatic rings. The third-order valence-electron chi connectivity index (χ3n) is 3.78. The average Bonchev–Trinajstić information content (AvgIpc) is 2.47. The molecule has 2 atom stereocenters. The van der Waals surface area contributed by atoms with E-state index in [-0.39, 0.29) is 6.04 Å². The maximum Gasteiger partial charge on any atom is 0.0673 e. The molecule has 1 aromatic heterocycles. The van der Waals surface area contributed by atoms with Crippen LogP contribution in [0.5, 0.6) is 0 Å². The van der Waals surface area contributed by atoms with Crippen LogP contribution in [0, 0.1) is 20.8 Å². The molecular weight excluding hydrogens is 186 g/mol. The van der Waals surface area contributed by atoms with Crippen LogP contribution in [-0.2, 0) is 0 Å². The molecule has 0 amide bonds. The molecule has 1 fully saturated rings. The summed E-state index contributed by atoms with van der Waals surface area (Å²) in [5.41, 5.74) is 9.92. The lowest BCUT2D eigenvalue weighted by Crippen LogP contribution is -2.36. The quantitative estimate of drug-likeness (QED) is 0.767. The van der Waals surface area contributed by atoms with Crippen LogP contribution in [0.25, 0.3) is 0 Å². The van der Waals surface area contributed by atoms with Gasteiger partial charge in [-0.25, -0.2) is 0 Å². The number of hydrogen-bond acceptors (Lipinski definition) is 2. The zero-order valence-electron chi connectivity index (χ0n) is 9.95. The van der Waals surface area contributed by atoms with Gasteiger partial charge in [-0.1, -0.05) is 12.8 Å². The van der Waals surface area contributed by atoms with Crippen LogP contribution < -0.4 is 5.73 Å². The van der Waals surface area contributed by atoms with E-state index in [9.17, 15) is 0 Å². The van der Waals surface area contributed by atoms with Gasteiger partial charge in [0.15, 0.2) is 0 Å². The van der Waals surface area contributed by atoms with Crippen molar-refractivity contribution in [1.82, 2.24) is 9.78 Å². The van der Waals surface area contributed by atoms with Gasteiger partial charge < -0.3 is 5.73 Å². The fourth-order valence-electron chi connectivity index (χ4n) is 2.51. The summed E-state index contributed by atoms with van der Waals surface area (Å²) >= 11 is 0. The van der Waals surface area contributed by atoms with Crippen molar-refractivity contribution in [3.05, 3.63) is 17.0 Å². The van der Waals surface area contributed by atoms with Gasteiger partial charge >= 0.3 is 0 Å². The van der Waals surface area contributed by atoms with Crippen LogP contribution >= 0.6 is 0 Å². The zero-order chi connectivity index (χ0) is 11.0. The highest BCUT2D eigenvalue weighted by atomic mass is 15.3. The van der Waals surface area contributed by atoms with Crippen LogP contribution in [0.2, 0.25) is 0 Å². The molecular formula is C12H21N3. The number of aryl methyl sites for hydroxylation is 1. The molecule has 1 aromatic rings. The van der Waals surface area contributed by atoms with E-state index in [4.69, 9.17) is 5.73 Å². The SMILES string of the molecule is Cc1nn(C2CCCCC2N)c(C)c1C. The third-order valence-corrected chi connectivity index (χ3v) is 3.78. The first-order valence-electron chi connectivity index (χ1n) is 5.89. The molecule has 3 heteroatoms. The second kappa shape index (κ2) is 3.97. The van der Waals surface area contributed by atoms with Crippen LogP contribution in [0.4, 0.5) is 0 Å². The summed E-state index contributed by atoms with van der Waals surface area (Å²) in [4.78, 5) is 0. The van der Waals surface area contributed by atoms with Gasteiger partial charge in [-0.3, -0.25) is 4.68 Å². The zero-order valence-corrected chi connectivity index (χ0v) is 9.95. The summed E-state index contributed by atoms with van der Waals surface area (Å²) in [7, 11) is 0. The maximum atomic E-state index is 6.18. The molecule has 1 saturated carbocycles. The van der Waals surface area contributed by atoms with Crippen LogP contribution in [0.1, 0.15) is 48.7 Å². The molecule has 0 aliphatic heterocycles. The Morgan fingerprint density at radius 2 is 1.87 bits per heavy atom. The van der Waals surface area contributed by atoms with Gasteiger partial charge in [0, 0.05) is 11.7 Å². The van der Waals surface area contributed by atoms with E-state index in [2.05, 4.69) is 30.6 Å². The molecule has 0 aromatic carbocycles. The Balaban J connectivity index is 2.31. The molecule has 2 N–H and O–H groups in total. The predicted molar refractivity (Wildman–Crippen MR) is 61.9 cm³/mol. The first kappa shape index (κ1) is 10.7. The molecule has 0 saturated heterocycles. The smallest absolute Gasteiger partial charge is 0.0673 e. The highest BCUT2D eigenvalue weighted by molar-refractivity contribution is 5.23. The Bertz CT molecular complexity index is 354. The highest BCUT2D eigenvalue weighted by Gasteiger charge is 2.25. The number of hydrogen-bond donors (Lipinski definition) is 1. The Kier molecular flexibility index (Phi) is 2.83. The summed E-state index contributed by atoms with van der Waals surface area (Å²) in [6.07, 6.45) is 4.89. The van der Waals surface area contributed by atoms with Gasteiger partial charge in [0.2, 0.25) is 0 Å². The lowest BCUT2D eigenvalue weighted by Gasteiger charge is -2.29. The van der Waals surface area contributed by atoms with Crippen molar-refractivity contribution < 1.29 is 0 Å². The molecule has 84 valence electrons. The van der Waals surface area contributed by atoms with Crippen LogP contribution in [0.15, 0.2) is 0 Å². The molecule has 2 rings (SSSR count). The minimum Gasteiger partial charge on any atom is -0.326 e. The topological polar surface area (TPSA) is 43.8 Å². The molecule has 0 spiro atoms. The lowest BCUT2D eigenvalue weighted by atomic mass is 9.91. The molecule has 1 heterocycles. The number of nitrogens with zero attached hydrogens (tertiary/aromatic N) is 2. The monoisotopic (exact) mass is 207 g/mol. The van der Waals surface area contributed by atoms with Crippen molar-refractivity contribution >= 4 is 0 Å². The Hall–Kier alpha value is -0.830. The number of nitrogens with two attached hydrogens (primary N) is 1. The molecule has 1 aliphatic carbocycles. The Morgan fingerprint density at radius 1 is 1.20 bits per heavy atom. The Labute approximate surface area is 91.7 Å². The molecule has 2 unspecified atom stereocenters. The summed E-state index contributed by atoms with van der Waals surface area (Å²) in [5, 5.41) is 4.62. The van der Waals surface area contributed by atoms with Gasteiger partial charge in [-0.15, -0.1) is 0 Å². The second-order valence-corrected chi connectivity index (χ2v) is 4.76. The van der Waals surface area contributed by atoms with Gasteiger partial charge in [0.1, 0.15) is 0 Å². The summed E-state index contributed by atoms with van der Waals surface area (Å²) in [6.45, 7) is 6.37. The third kappa shape index (κ3) is 1.81. The van der Waals surface area contributed by atoms with E-state index in [1.165, 1.54) is 30.5 Å². The average molecular weight is 207 g/mol. The van der Waals surface area contributed by atoms with Gasteiger partial charge in [-0.05, 0) is 39.2 Å². The normalized spacial score (nSPS) is 26.9. The van der Waals surface area contributed by atoms with Crippen molar-refractivity contribution in [2.75, 3.05) is 0 Å². The summed E-state index contributed by atoms with van der Waals surface area (Å²) in [6, 6.07) is 0.710. The maximum absolute atomic E-state index is 6.18. The first-order valence-corrected chi connectivity index (χ1v) is 5.89. The molecule has 15 heavy (non-hydrogen) atoms. The predicted octanol–water partition coefficient (Wildman–Crippen LogP) is 2.25. The van der Waals surface area contributed by atoms with Crippen molar-refractivity contribution in [3.8, 4) is 0 Å². The molecule has 0 radical (unpaired) electrons. The minimum absolute atomic E-state index is 0.288. The van der Waals surface area contributed by atoms with Crippen molar-refractivity contribution in [3.63, 3.8) is 0 Å². The first-order chi connectivity index (χ1) is 7.11. The van der Waals surface area contributed by atoms with E-state index in [1.807, 2.05) is 0 Å². The van der Waals surface area contributed by atoms with Gasteiger partial charge in [0.05, 0.1) is 11.7 Å². The van der Waals surface area contributed by atoms with E-state index >= 15 is 0 Å². The largest absolute Gasteiger partial charge is 0.326 e. The molecule has 0 bridgehead atoms. The fourth-order valence-corrected chi connectivity index (χ4v) is 2.51. The van der Waals surface area contributed by atoms with Crippen LogP contribution in [-0.4, -0.2) is 15.8 Å². The van der Waals surface area contributed by atoms with Crippen molar-refractivity contribution in [1.29, 1.82) is 0 Å². The minimum atomic E-state index is 0.288. The summed E-state index contributed by atoms with van der Waals surface area (Å²) < 4.78 is 2.16. The van der Waals surface area contributed by atoms with Crippen molar-refractivity contribution in [2.45, 2.75) is 58.5 Å². The standard InChI is InChI=1S/C12H21N3/c1-8-9(2)14-15(10(8)3)12-7-5-4-6-11(12)13/h11-12H,4-7,13H2,1-3H3. The fraction of sp³-hybridized carbons (Fsp3) is 0.750. The van der Waals surface area contributed by atoms with E-state index in [0.717, 1.165) is 12.1 Å². The number of rotatable bonds is 1. The van der Waals surface area contributed by atoms with Crippen LogP contribution in [0.3, 0.4) is 0 Å². The summed E-state index contributed by atoms with van der Waals surface area (Å²) in [5.74, 6) is 0. The number of aromatic nitrogens is 2. The van der Waals surface area contributed by atoms with E-state index in [1.54, 1.807) is 0 Å². The van der Waals surface area contributed by atoms with E-state index < -0.39 is 0 Å². The van der Waals surface area contributed by atoms with Gasteiger partial charge in [-0.2, -0.15) is 5.10 Å². The van der Waals surface area contributed by atoms with E-state index in [0.29, 0.717) is 6.04 Å². The Morgan fingerprint density at radius 3 is 2.40 bits per heavy atom. The van der Waals surface area contributed by atoms with Gasteiger partial charge in [0.25, 0.3) is 0 Å². The lowest BCUT2D eigenvalue weighted by molar-refractivity contribution is 0.282. The second-order valence-electron chi connectivity index (χ2n) is 4.76.